The first-order valence-electron chi connectivity index (χ1n) is 13.6. The first-order chi connectivity index (χ1) is 20.0. The number of hydrogen-bond acceptors (Lipinski definition) is 6. The number of carbonyl (C=O) groups is 2. The molecule has 2 heterocycles. The van der Waals surface area contributed by atoms with Crippen LogP contribution in [0.15, 0.2) is 67.0 Å². The second-order valence-corrected chi connectivity index (χ2v) is 10.5. The maximum absolute atomic E-state index is 14.0. The average Bonchev–Trinajstić information content (AvgIpc) is 2.94. The Hall–Kier alpha value is -4.35. The van der Waals surface area contributed by atoms with Crippen molar-refractivity contribution in [2.75, 3.05) is 43.9 Å². The topological polar surface area (TPSA) is 90.5 Å². The zero-order chi connectivity index (χ0) is 29.9. The van der Waals surface area contributed by atoms with Crippen LogP contribution in [0.5, 0.6) is 0 Å². The van der Waals surface area contributed by atoms with Gasteiger partial charge in [0.2, 0.25) is 5.91 Å². The molecule has 3 aromatic carbocycles. The molecule has 0 unspecified atom stereocenters. The second kappa shape index (κ2) is 12.3. The van der Waals surface area contributed by atoms with Gasteiger partial charge in [-0.2, -0.15) is 13.2 Å². The lowest BCUT2D eigenvalue weighted by Crippen LogP contribution is -2.44. The Balaban J connectivity index is 1.34. The zero-order valence-corrected chi connectivity index (χ0v) is 23.3. The van der Waals surface area contributed by atoms with Crippen molar-refractivity contribution in [1.29, 1.82) is 0 Å². The van der Waals surface area contributed by atoms with Crippen molar-refractivity contribution in [3.05, 3.63) is 94.9 Å². The normalized spacial score (nSPS) is 14.6. The first kappa shape index (κ1) is 29.2. The van der Waals surface area contributed by atoms with Gasteiger partial charge < -0.3 is 15.5 Å². The first-order valence-corrected chi connectivity index (χ1v) is 13.6. The number of anilines is 2. The molecule has 42 heavy (non-hydrogen) atoms. The van der Waals surface area contributed by atoms with Crippen LogP contribution in [0, 0.1) is 0 Å². The predicted molar refractivity (Wildman–Crippen MR) is 155 cm³/mol. The van der Waals surface area contributed by atoms with E-state index in [1.54, 1.807) is 18.2 Å². The number of nitrogens with one attached hydrogen (secondary N) is 2. The Morgan fingerprint density at radius 1 is 0.929 bits per heavy atom. The van der Waals surface area contributed by atoms with Gasteiger partial charge >= 0.3 is 6.18 Å². The number of rotatable bonds is 7. The molecular formula is C31H31F3N6O2. The molecule has 1 aliphatic heterocycles. The summed E-state index contributed by atoms with van der Waals surface area (Å²) in [6, 6.07) is 16.6. The molecule has 8 nitrogen and oxygen atoms in total. The van der Waals surface area contributed by atoms with Crippen LogP contribution in [-0.4, -0.2) is 64.8 Å². The molecule has 0 radical (unpaired) electrons. The van der Waals surface area contributed by atoms with Crippen molar-refractivity contribution in [2.24, 2.45) is 0 Å². The Morgan fingerprint density at radius 2 is 1.71 bits per heavy atom. The molecule has 2 N–H and O–H groups in total. The minimum atomic E-state index is -4.55. The van der Waals surface area contributed by atoms with E-state index in [0.717, 1.165) is 30.1 Å². The summed E-state index contributed by atoms with van der Waals surface area (Å²) in [5, 5.41) is 6.77. The molecule has 2 amide bonds. The van der Waals surface area contributed by atoms with Crippen molar-refractivity contribution in [2.45, 2.75) is 26.1 Å². The van der Waals surface area contributed by atoms with E-state index < -0.39 is 17.6 Å². The van der Waals surface area contributed by atoms with Gasteiger partial charge in [0, 0.05) is 63.4 Å². The number of aromatic nitrogens is 2. The van der Waals surface area contributed by atoms with Gasteiger partial charge in [0.1, 0.15) is 12.1 Å². The summed E-state index contributed by atoms with van der Waals surface area (Å²) in [7, 11) is 2.00. The van der Waals surface area contributed by atoms with Gasteiger partial charge in [-0.25, -0.2) is 9.97 Å². The molecule has 0 atom stereocenters. The molecule has 1 saturated heterocycles. The summed E-state index contributed by atoms with van der Waals surface area (Å²) in [6.07, 6.45) is -2.69. The van der Waals surface area contributed by atoms with E-state index in [1.165, 1.54) is 25.4 Å². The van der Waals surface area contributed by atoms with Crippen LogP contribution < -0.4 is 10.6 Å². The van der Waals surface area contributed by atoms with Crippen molar-refractivity contribution in [3.8, 4) is 0 Å². The quantitative estimate of drug-likeness (QED) is 0.315. The summed E-state index contributed by atoms with van der Waals surface area (Å²) in [5.41, 5.74) is 1.52. The standard InChI is InChI=1S/C31H31F3N6O2/c1-20(41)37-29-17-25(35-19-36-29)15-21-6-9-26-22(14-21)4-3-5-27(26)30(42)38-24-8-7-23(28(16-24)31(32,33)34)18-40-12-10-39(2)11-13-40/h3-9,14,16-17,19H,10-13,15,18H2,1-2H3,(H,38,42)(H,35,36,37,41). The van der Waals surface area contributed by atoms with E-state index in [2.05, 4.69) is 25.5 Å². The van der Waals surface area contributed by atoms with Crippen molar-refractivity contribution in [1.82, 2.24) is 19.8 Å². The van der Waals surface area contributed by atoms with Crippen molar-refractivity contribution < 1.29 is 22.8 Å². The Kier molecular flexibility index (Phi) is 8.51. The number of likely N-dealkylation sites (N-methyl/N-ethyl adjacent to an activating group) is 1. The van der Waals surface area contributed by atoms with Crippen LogP contribution in [0.25, 0.3) is 10.8 Å². The maximum Gasteiger partial charge on any atom is 0.416 e. The lowest BCUT2D eigenvalue weighted by molar-refractivity contribution is -0.138. The Morgan fingerprint density at radius 3 is 2.45 bits per heavy atom. The van der Waals surface area contributed by atoms with Crippen LogP contribution >= 0.6 is 0 Å². The summed E-state index contributed by atoms with van der Waals surface area (Å²) in [6.45, 7) is 4.62. The molecule has 1 aromatic heterocycles. The molecule has 0 spiro atoms. The van der Waals surface area contributed by atoms with Gasteiger partial charge in [0.15, 0.2) is 0 Å². The number of halogens is 3. The summed E-state index contributed by atoms with van der Waals surface area (Å²) in [4.78, 5) is 37.1. The third kappa shape index (κ3) is 7.10. The van der Waals surface area contributed by atoms with Crippen LogP contribution in [0.1, 0.15) is 39.7 Å². The van der Waals surface area contributed by atoms with E-state index >= 15 is 0 Å². The second-order valence-electron chi connectivity index (χ2n) is 10.5. The molecule has 11 heteroatoms. The molecule has 1 aliphatic rings. The highest BCUT2D eigenvalue weighted by molar-refractivity contribution is 6.13. The lowest BCUT2D eigenvalue weighted by Gasteiger charge is -2.33. The molecule has 0 bridgehead atoms. The van der Waals surface area contributed by atoms with Gasteiger partial charge in [-0.3, -0.25) is 14.5 Å². The van der Waals surface area contributed by atoms with Crippen LogP contribution in [0.4, 0.5) is 24.7 Å². The van der Waals surface area contributed by atoms with Gasteiger partial charge in [0.25, 0.3) is 5.91 Å². The number of fused-ring (bicyclic) bond motifs is 1. The molecular weight excluding hydrogens is 545 g/mol. The minimum Gasteiger partial charge on any atom is -0.322 e. The lowest BCUT2D eigenvalue weighted by atomic mass is 9.99. The highest BCUT2D eigenvalue weighted by Crippen LogP contribution is 2.35. The summed E-state index contributed by atoms with van der Waals surface area (Å²) < 4.78 is 42.1. The van der Waals surface area contributed by atoms with E-state index in [9.17, 15) is 22.8 Å². The monoisotopic (exact) mass is 576 g/mol. The number of alkyl halides is 3. The number of piperazine rings is 1. The fourth-order valence-electron chi connectivity index (χ4n) is 5.09. The molecule has 0 aliphatic carbocycles. The Bertz CT molecular complexity index is 1620. The highest BCUT2D eigenvalue weighted by Gasteiger charge is 2.34. The van der Waals surface area contributed by atoms with Gasteiger partial charge in [0.05, 0.1) is 11.3 Å². The smallest absolute Gasteiger partial charge is 0.322 e. The predicted octanol–water partition coefficient (Wildman–Crippen LogP) is 5.20. The van der Waals surface area contributed by atoms with E-state index in [0.29, 0.717) is 42.0 Å². The van der Waals surface area contributed by atoms with Crippen LogP contribution in [-0.2, 0) is 23.9 Å². The van der Waals surface area contributed by atoms with Crippen molar-refractivity contribution in [3.63, 3.8) is 0 Å². The fourth-order valence-corrected chi connectivity index (χ4v) is 5.09. The van der Waals surface area contributed by atoms with Gasteiger partial charge in [-0.1, -0.05) is 36.4 Å². The fraction of sp³-hybridized carbons (Fsp3) is 0.290. The average molecular weight is 577 g/mol. The number of carbonyl (C=O) groups excluding carboxylic acids is 2. The molecule has 5 rings (SSSR count). The number of hydrogen-bond donors (Lipinski definition) is 2. The summed E-state index contributed by atoms with van der Waals surface area (Å²) in [5.74, 6) is -0.315. The molecule has 218 valence electrons. The zero-order valence-electron chi connectivity index (χ0n) is 23.3. The SMILES string of the molecule is CC(=O)Nc1cc(Cc2ccc3c(C(=O)Nc4ccc(CN5CCN(C)CC5)c(C(F)(F)F)c4)cccc3c2)ncn1. The summed E-state index contributed by atoms with van der Waals surface area (Å²) >= 11 is 0. The molecule has 0 saturated carbocycles. The molecule has 1 fully saturated rings. The van der Waals surface area contributed by atoms with Gasteiger partial charge in [-0.05, 0) is 47.1 Å². The maximum atomic E-state index is 14.0. The van der Waals surface area contributed by atoms with E-state index in [4.69, 9.17) is 0 Å². The van der Waals surface area contributed by atoms with Gasteiger partial charge in [-0.15, -0.1) is 0 Å². The third-order valence-corrected chi connectivity index (χ3v) is 7.27. The van der Waals surface area contributed by atoms with Crippen LogP contribution in [0.2, 0.25) is 0 Å². The van der Waals surface area contributed by atoms with Crippen molar-refractivity contribution >= 4 is 34.1 Å². The Labute approximate surface area is 241 Å². The van der Waals surface area contributed by atoms with E-state index in [-0.39, 0.29) is 23.7 Å². The largest absolute Gasteiger partial charge is 0.416 e. The number of benzene rings is 3. The molecule has 4 aromatic rings. The van der Waals surface area contributed by atoms with E-state index in [1.807, 2.05) is 36.2 Å². The minimum absolute atomic E-state index is 0.0850. The highest BCUT2D eigenvalue weighted by atomic mass is 19.4. The van der Waals surface area contributed by atoms with Crippen LogP contribution in [0.3, 0.4) is 0 Å². The number of amides is 2. The number of nitrogens with zero attached hydrogens (tertiary/aromatic N) is 4. The third-order valence-electron chi connectivity index (χ3n) is 7.27.